The lowest BCUT2D eigenvalue weighted by atomic mass is 9.89. The Hall–Kier alpha value is -2.11. The van der Waals surface area contributed by atoms with Crippen molar-refractivity contribution in [2.45, 2.75) is 31.4 Å². The van der Waals surface area contributed by atoms with Gasteiger partial charge < -0.3 is 15.2 Å². The minimum atomic E-state index is -0.944. The first-order valence-electron chi connectivity index (χ1n) is 8.74. The van der Waals surface area contributed by atoms with Crippen LogP contribution in [-0.2, 0) is 11.3 Å². The van der Waals surface area contributed by atoms with Crippen LogP contribution in [0.15, 0.2) is 36.4 Å². The van der Waals surface area contributed by atoms with Crippen molar-refractivity contribution in [3.05, 3.63) is 42.0 Å². The third-order valence-corrected chi connectivity index (χ3v) is 4.99. The summed E-state index contributed by atoms with van der Waals surface area (Å²) in [5.74, 6) is 0.758. The highest BCUT2D eigenvalue weighted by Crippen LogP contribution is 2.31. The van der Waals surface area contributed by atoms with Gasteiger partial charge in [0.2, 0.25) is 5.91 Å². The molecule has 134 valence electrons. The van der Waals surface area contributed by atoms with Crippen LogP contribution in [-0.4, -0.2) is 48.8 Å². The highest BCUT2D eigenvalue weighted by atomic mass is 16.5. The average molecular weight is 342 g/mol. The smallest absolute Gasteiger partial charge is 0.222 e. The summed E-state index contributed by atoms with van der Waals surface area (Å²) < 4.78 is 5.46. The van der Waals surface area contributed by atoms with Crippen molar-refractivity contribution in [1.29, 1.82) is 0 Å². The number of β-amino-alcohol motifs (C(OH)–C–C–N with tert-alkyl or cyclic N) is 1. The molecule has 1 amide bonds. The molecule has 2 N–H and O–H groups in total. The fraction of sp³-hybridized carbons (Fsp3) is 0.450. The standard InChI is InChI=1S/C20H26N2O3/c1-21-19(23)12-20(24)10-5-11-22(14-20)13-15-8-9-18(25-2)17-7-4-3-6-16(15)17/h3-4,6-9,24H,5,10-14H2,1-2H3,(H,21,23). The number of amides is 1. The van der Waals surface area contributed by atoms with Gasteiger partial charge in [-0.3, -0.25) is 9.69 Å². The van der Waals surface area contributed by atoms with Crippen LogP contribution in [0.5, 0.6) is 5.75 Å². The quantitative estimate of drug-likeness (QED) is 0.875. The molecule has 5 heteroatoms. The summed E-state index contributed by atoms with van der Waals surface area (Å²) in [5, 5.41) is 15.7. The van der Waals surface area contributed by atoms with Gasteiger partial charge in [0.05, 0.1) is 19.1 Å². The lowest BCUT2D eigenvalue weighted by Gasteiger charge is -2.39. The topological polar surface area (TPSA) is 61.8 Å². The molecule has 25 heavy (non-hydrogen) atoms. The number of aliphatic hydroxyl groups is 1. The molecule has 1 aliphatic heterocycles. The first-order chi connectivity index (χ1) is 12.0. The molecule has 0 bridgehead atoms. The van der Waals surface area contributed by atoms with Crippen molar-refractivity contribution in [2.24, 2.45) is 0 Å². The Morgan fingerprint density at radius 1 is 1.28 bits per heavy atom. The Morgan fingerprint density at radius 2 is 2.04 bits per heavy atom. The fourth-order valence-electron chi connectivity index (χ4n) is 3.76. The van der Waals surface area contributed by atoms with Crippen molar-refractivity contribution in [2.75, 3.05) is 27.2 Å². The molecule has 0 radical (unpaired) electrons. The third kappa shape index (κ3) is 3.94. The zero-order valence-electron chi connectivity index (χ0n) is 14.9. The van der Waals surface area contributed by atoms with E-state index >= 15 is 0 Å². The summed E-state index contributed by atoms with van der Waals surface area (Å²) >= 11 is 0. The third-order valence-electron chi connectivity index (χ3n) is 4.99. The van der Waals surface area contributed by atoms with E-state index in [2.05, 4.69) is 28.4 Å². The van der Waals surface area contributed by atoms with Gasteiger partial charge in [0, 0.05) is 25.5 Å². The van der Waals surface area contributed by atoms with Crippen molar-refractivity contribution in [3.8, 4) is 5.75 Å². The first-order valence-corrected chi connectivity index (χ1v) is 8.74. The Bertz CT molecular complexity index is 762. The molecule has 1 fully saturated rings. The van der Waals surface area contributed by atoms with Crippen molar-refractivity contribution >= 4 is 16.7 Å². The maximum absolute atomic E-state index is 11.7. The largest absolute Gasteiger partial charge is 0.496 e. The molecule has 1 saturated heterocycles. The van der Waals surface area contributed by atoms with Crippen LogP contribution in [0.1, 0.15) is 24.8 Å². The molecule has 0 aliphatic carbocycles. The van der Waals surface area contributed by atoms with Crippen molar-refractivity contribution in [3.63, 3.8) is 0 Å². The van der Waals surface area contributed by atoms with Crippen LogP contribution >= 0.6 is 0 Å². The molecular formula is C20H26N2O3. The molecule has 1 atom stereocenters. The lowest BCUT2D eigenvalue weighted by Crippen LogP contribution is -2.49. The average Bonchev–Trinajstić information content (AvgIpc) is 2.61. The highest BCUT2D eigenvalue weighted by Gasteiger charge is 2.35. The summed E-state index contributed by atoms with van der Waals surface area (Å²) in [6.45, 7) is 2.19. The van der Waals surface area contributed by atoms with Gasteiger partial charge in [0.15, 0.2) is 0 Å². The van der Waals surface area contributed by atoms with Gasteiger partial charge in [-0.05, 0) is 36.4 Å². The molecule has 3 rings (SSSR count). The van der Waals surface area contributed by atoms with E-state index in [1.54, 1.807) is 14.2 Å². The Morgan fingerprint density at radius 3 is 2.76 bits per heavy atom. The normalized spacial score (nSPS) is 21.2. The number of hydrogen-bond donors (Lipinski definition) is 2. The predicted octanol–water partition coefficient (Wildman–Crippen LogP) is 2.31. The van der Waals surface area contributed by atoms with E-state index in [9.17, 15) is 9.90 Å². The second-order valence-electron chi connectivity index (χ2n) is 6.86. The molecule has 0 saturated carbocycles. The first kappa shape index (κ1) is 17.7. The van der Waals surface area contributed by atoms with E-state index in [1.165, 1.54) is 10.9 Å². The van der Waals surface area contributed by atoms with Crippen LogP contribution in [0.2, 0.25) is 0 Å². The van der Waals surface area contributed by atoms with Gasteiger partial charge >= 0.3 is 0 Å². The predicted molar refractivity (Wildman–Crippen MR) is 98.6 cm³/mol. The number of fused-ring (bicyclic) bond motifs is 1. The summed E-state index contributed by atoms with van der Waals surface area (Å²) in [5.41, 5.74) is 0.265. The zero-order valence-corrected chi connectivity index (χ0v) is 14.9. The van der Waals surface area contributed by atoms with Crippen LogP contribution < -0.4 is 10.1 Å². The Balaban J connectivity index is 1.80. The van der Waals surface area contributed by atoms with Gasteiger partial charge in [-0.2, -0.15) is 0 Å². The number of likely N-dealkylation sites (tertiary alicyclic amines) is 1. The van der Waals surface area contributed by atoms with Crippen LogP contribution in [0, 0.1) is 0 Å². The molecule has 5 nitrogen and oxygen atoms in total. The summed E-state index contributed by atoms with van der Waals surface area (Å²) in [6, 6.07) is 12.3. The minimum Gasteiger partial charge on any atom is -0.496 e. The second kappa shape index (κ2) is 7.42. The number of nitrogens with zero attached hydrogens (tertiary/aromatic N) is 1. The van der Waals surface area contributed by atoms with E-state index in [-0.39, 0.29) is 12.3 Å². The molecule has 1 aliphatic rings. The van der Waals surface area contributed by atoms with Crippen LogP contribution in [0.3, 0.4) is 0 Å². The molecule has 0 aromatic heterocycles. The van der Waals surface area contributed by atoms with E-state index in [0.29, 0.717) is 13.0 Å². The lowest BCUT2D eigenvalue weighted by molar-refractivity contribution is -0.128. The molecule has 0 spiro atoms. The van der Waals surface area contributed by atoms with E-state index in [0.717, 1.165) is 30.6 Å². The number of benzene rings is 2. The molecule has 1 unspecified atom stereocenters. The maximum atomic E-state index is 11.7. The number of piperidine rings is 1. The number of nitrogens with one attached hydrogen (secondary N) is 1. The van der Waals surface area contributed by atoms with Crippen LogP contribution in [0.4, 0.5) is 0 Å². The number of carbonyl (C=O) groups excluding carboxylic acids is 1. The highest BCUT2D eigenvalue weighted by molar-refractivity contribution is 5.91. The van der Waals surface area contributed by atoms with Gasteiger partial charge in [0.25, 0.3) is 0 Å². The summed E-state index contributed by atoms with van der Waals surface area (Å²) in [6.07, 6.45) is 1.71. The van der Waals surface area contributed by atoms with E-state index in [4.69, 9.17) is 4.74 Å². The van der Waals surface area contributed by atoms with Crippen molar-refractivity contribution in [1.82, 2.24) is 10.2 Å². The van der Waals surface area contributed by atoms with Gasteiger partial charge in [-0.15, -0.1) is 0 Å². The summed E-state index contributed by atoms with van der Waals surface area (Å²) in [4.78, 5) is 13.9. The number of ether oxygens (including phenoxy) is 1. The monoisotopic (exact) mass is 342 g/mol. The second-order valence-corrected chi connectivity index (χ2v) is 6.86. The van der Waals surface area contributed by atoms with Crippen LogP contribution in [0.25, 0.3) is 10.8 Å². The number of methoxy groups -OCH3 is 1. The maximum Gasteiger partial charge on any atom is 0.222 e. The van der Waals surface area contributed by atoms with Gasteiger partial charge in [-0.1, -0.05) is 30.3 Å². The van der Waals surface area contributed by atoms with Crippen molar-refractivity contribution < 1.29 is 14.6 Å². The Kier molecular flexibility index (Phi) is 5.25. The minimum absolute atomic E-state index is 0.112. The summed E-state index contributed by atoms with van der Waals surface area (Å²) in [7, 11) is 3.29. The zero-order chi connectivity index (χ0) is 17.9. The molecule has 2 aromatic carbocycles. The number of carbonyl (C=O) groups is 1. The van der Waals surface area contributed by atoms with Gasteiger partial charge in [-0.25, -0.2) is 0 Å². The SMILES string of the molecule is CNC(=O)CC1(O)CCCN(Cc2ccc(OC)c3ccccc23)C1. The number of rotatable bonds is 5. The molecule has 2 aromatic rings. The van der Waals surface area contributed by atoms with E-state index < -0.39 is 5.60 Å². The number of hydrogen-bond acceptors (Lipinski definition) is 4. The van der Waals surface area contributed by atoms with E-state index in [1.807, 2.05) is 18.2 Å². The fourth-order valence-corrected chi connectivity index (χ4v) is 3.76. The molecular weight excluding hydrogens is 316 g/mol. The Labute approximate surface area is 148 Å². The van der Waals surface area contributed by atoms with Gasteiger partial charge in [0.1, 0.15) is 5.75 Å². The molecule has 1 heterocycles.